The van der Waals surface area contributed by atoms with Gasteiger partial charge in [0.25, 0.3) is 15.9 Å². The highest BCUT2D eigenvalue weighted by molar-refractivity contribution is 7.90. The fourth-order valence-electron chi connectivity index (χ4n) is 3.00. The predicted molar refractivity (Wildman–Crippen MR) is 109 cm³/mol. The van der Waals surface area contributed by atoms with Crippen molar-refractivity contribution in [1.29, 1.82) is 0 Å². The lowest BCUT2D eigenvalue weighted by molar-refractivity contribution is -0.131. The number of carbonyl (C=O) groups is 1. The van der Waals surface area contributed by atoms with E-state index in [2.05, 4.69) is 5.32 Å². The van der Waals surface area contributed by atoms with E-state index >= 15 is 0 Å². The number of aliphatic hydroxyl groups is 1. The van der Waals surface area contributed by atoms with Crippen LogP contribution >= 0.6 is 0 Å². The summed E-state index contributed by atoms with van der Waals surface area (Å²) >= 11 is 0. The van der Waals surface area contributed by atoms with Crippen molar-refractivity contribution in [2.45, 2.75) is 44.2 Å². The maximum absolute atomic E-state index is 13.2. The quantitative estimate of drug-likeness (QED) is 0.704. The SMILES string of the molecule is Cc1ccc(S(=O)(=O)n2cc([C@H](O)C(=O)NC(C)(C)C)c3ccccc32)cc1. The third kappa shape index (κ3) is 3.81. The molecule has 1 aromatic heterocycles. The van der Waals surface area contributed by atoms with Gasteiger partial charge in [0.05, 0.1) is 10.4 Å². The maximum Gasteiger partial charge on any atom is 0.268 e. The van der Waals surface area contributed by atoms with Crippen LogP contribution in [0.2, 0.25) is 0 Å². The molecule has 2 aromatic carbocycles. The summed E-state index contributed by atoms with van der Waals surface area (Å²) in [5, 5.41) is 13.8. The average molecular weight is 401 g/mol. The second-order valence-corrected chi connectivity index (χ2v) is 9.67. The van der Waals surface area contributed by atoms with E-state index in [9.17, 15) is 18.3 Å². The molecule has 1 heterocycles. The van der Waals surface area contributed by atoms with Crippen LogP contribution in [0.1, 0.15) is 38.0 Å². The van der Waals surface area contributed by atoms with Gasteiger partial charge >= 0.3 is 0 Å². The highest BCUT2D eigenvalue weighted by atomic mass is 32.2. The van der Waals surface area contributed by atoms with Crippen molar-refractivity contribution in [3.8, 4) is 0 Å². The normalized spacial score (nSPS) is 13.5. The molecule has 2 N–H and O–H groups in total. The highest BCUT2D eigenvalue weighted by Gasteiger charge is 2.28. The summed E-state index contributed by atoms with van der Waals surface area (Å²) in [5.74, 6) is -0.580. The summed E-state index contributed by atoms with van der Waals surface area (Å²) < 4.78 is 27.5. The minimum atomic E-state index is -3.88. The number of rotatable bonds is 4. The lowest BCUT2D eigenvalue weighted by Gasteiger charge is -2.22. The first kappa shape index (κ1) is 20.1. The summed E-state index contributed by atoms with van der Waals surface area (Å²) in [4.78, 5) is 12.6. The Morgan fingerprint density at radius 3 is 2.29 bits per heavy atom. The van der Waals surface area contributed by atoms with Crippen LogP contribution in [0.3, 0.4) is 0 Å². The Kier molecular flexibility index (Phi) is 5.08. The Bertz CT molecular complexity index is 1120. The van der Waals surface area contributed by atoms with E-state index in [1.807, 2.05) is 27.7 Å². The molecular weight excluding hydrogens is 376 g/mol. The van der Waals surface area contributed by atoms with Crippen molar-refractivity contribution < 1.29 is 18.3 Å². The van der Waals surface area contributed by atoms with E-state index in [0.717, 1.165) is 9.54 Å². The van der Waals surface area contributed by atoms with Gasteiger partial charge in [-0.3, -0.25) is 4.79 Å². The predicted octanol–water partition coefficient (Wildman–Crippen LogP) is 3.13. The van der Waals surface area contributed by atoms with E-state index in [4.69, 9.17) is 0 Å². The number of aliphatic hydroxyl groups excluding tert-OH is 1. The van der Waals surface area contributed by atoms with Gasteiger partial charge in [-0.2, -0.15) is 0 Å². The highest BCUT2D eigenvalue weighted by Crippen LogP contribution is 2.30. The molecular formula is C21H24N2O4S. The van der Waals surface area contributed by atoms with Crippen molar-refractivity contribution in [2.24, 2.45) is 0 Å². The second-order valence-electron chi connectivity index (χ2n) is 7.86. The molecule has 0 fully saturated rings. The number of hydrogen-bond acceptors (Lipinski definition) is 4. The Morgan fingerprint density at radius 1 is 1.07 bits per heavy atom. The number of nitrogens with zero attached hydrogens (tertiary/aromatic N) is 1. The summed E-state index contributed by atoms with van der Waals surface area (Å²) in [5.41, 5.74) is 1.07. The van der Waals surface area contributed by atoms with E-state index in [1.54, 1.807) is 48.5 Å². The Labute approximate surface area is 164 Å². The Balaban J connectivity index is 2.13. The fraction of sp³-hybridized carbons (Fsp3) is 0.286. The van der Waals surface area contributed by atoms with Crippen LogP contribution < -0.4 is 5.32 Å². The molecule has 0 bridgehead atoms. The second kappa shape index (κ2) is 7.07. The van der Waals surface area contributed by atoms with Crippen LogP contribution in [0.4, 0.5) is 0 Å². The Morgan fingerprint density at radius 2 is 1.68 bits per heavy atom. The molecule has 0 unspecified atom stereocenters. The van der Waals surface area contributed by atoms with Crippen molar-refractivity contribution >= 4 is 26.8 Å². The molecule has 6 nitrogen and oxygen atoms in total. The largest absolute Gasteiger partial charge is 0.378 e. The molecule has 148 valence electrons. The number of aromatic nitrogens is 1. The minimum absolute atomic E-state index is 0.138. The van der Waals surface area contributed by atoms with Gasteiger partial charge < -0.3 is 10.4 Å². The first-order valence-corrected chi connectivity index (χ1v) is 10.4. The van der Waals surface area contributed by atoms with Gasteiger partial charge in [0.15, 0.2) is 6.10 Å². The minimum Gasteiger partial charge on any atom is -0.378 e. The monoisotopic (exact) mass is 400 g/mol. The van der Waals surface area contributed by atoms with Gasteiger partial charge in [-0.15, -0.1) is 0 Å². The number of carbonyl (C=O) groups excluding carboxylic acids is 1. The zero-order valence-corrected chi connectivity index (χ0v) is 17.1. The van der Waals surface area contributed by atoms with E-state index in [-0.39, 0.29) is 10.5 Å². The first-order chi connectivity index (χ1) is 13.0. The van der Waals surface area contributed by atoms with Crippen LogP contribution in [0.5, 0.6) is 0 Å². The Hall–Kier alpha value is -2.64. The van der Waals surface area contributed by atoms with E-state index in [1.165, 1.54) is 6.20 Å². The zero-order chi connectivity index (χ0) is 20.7. The molecule has 0 aliphatic rings. The number of hydrogen-bond donors (Lipinski definition) is 2. The van der Waals surface area contributed by atoms with Gasteiger partial charge in [0.1, 0.15) is 0 Å². The topological polar surface area (TPSA) is 88.4 Å². The van der Waals surface area contributed by atoms with Gasteiger partial charge in [-0.05, 0) is 45.9 Å². The molecule has 0 aliphatic heterocycles. The summed E-state index contributed by atoms with van der Waals surface area (Å²) in [6.07, 6.45) is -0.161. The number of para-hydroxylation sites is 1. The molecule has 1 atom stereocenters. The van der Waals surface area contributed by atoms with Crippen molar-refractivity contribution in [3.63, 3.8) is 0 Å². The number of benzene rings is 2. The number of amides is 1. The maximum atomic E-state index is 13.2. The summed E-state index contributed by atoms with van der Waals surface area (Å²) in [7, 11) is -3.88. The van der Waals surface area contributed by atoms with Crippen molar-refractivity contribution in [2.75, 3.05) is 0 Å². The molecule has 28 heavy (non-hydrogen) atoms. The van der Waals surface area contributed by atoms with E-state index in [0.29, 0.717) is 10.9 Å². The fourth-order valence-corrected chi connectivity index (χ4v) is 4.37. The third-order valence-electron chi connectivity index (χ3n) is 4.33. The molecule has 7 heteroatoms. The van der Waals surface area contributed by atoms with Crippen LogP contribution in [0.15, 0.2) is 59.6 Å². The lowest BCUT2D eigenvalue weighted by Crippen LogP contribution is -2.43. The number of aryl methyl sites for hydroxylation is 1. The van der Waals surface area contributed by atoms with E-state index < -0.39 is 27.6 Å². The summed E-state index contributed by atoms with van der Waals surface area (Å²) in [6.45, 7) is 7.30. The van der Waals surface area contributed by atoms with Gasteiger partial charge in [-0.25, -0.2) is 12.4 Å². The molecule has 1 amide bonds. The zero-order valence-electron chi connectivity index (χ0n) is 16.3. The average Bonchev–Trinajstić information content (AvgIpc) is 3.00. The molecule has 3 rings (SSSR count). The third-order valence-corrected chi connectivity index (χ3v) is 6.02. The standard InChI is InChI=1S/C21H24N2O4S/c1-14-9-11-15(12-10-14)28(26,27)23-13-17(16-7-5-6-8-18(16)23)19(24)20(25)22-21(2,3)4/h5-13,19,24H,1-4H3,(H,22,25)/t19-/m0/s1. The van der Waals surface area contributed by atoms with Gasteiger partial charge in [0, 0.05) is 22.7 Å². The molecule has 0 spiro atoms. The van der Waals surface area contributed by atoms with Crippen LogP contribution in [-0.4, -0.2) is 28.9 Å². The molecule has 0 saturated heterocycles. The van der Waals surface area contributed by atoms with Crippen LogP contribution in [0, 0.1) is 6.92 Å². The molecule has 0 radical (unpaired) electrons. The van der Waals surface area contributed by atoms with Gasteiger partial charge in [-0.1, -0.05) is 35.9 Å². The van der Waals surface area contributed by atoms with Crippen LogP contribution in [-0.2, 0) is 14.8 Å². The van der Waals surface area contributed by atoms with Crippen LogP contribution in [0.25, 0.3) is 10.9 Å². The lowest BCUT2D eigenvalue weighted by atomic mass is 10.0. The smallest absolute Gasteiger partial charge is 0.268 e. The van der Waals surface area contributed by atoms with Gasteiger partial charge in [0.2, 0.25) is 0 Å². The summed E-state index contributed by atoms with van der Waals surface area (Å²) in [6, 6.07) is 13.3. The van der Waals surface area contributed by atoms with Crippen molar-refractivity contribution in [1.82, 2.24) is 9.29 Å². The number of fused-ring (bicyclic) bond motifs is 1. The molecule has 3 aromatic rings. The molecule has 0 saturated carbocycles. The first-order valence-electron chi connectivity index (χ1n) is 8.93. The number of nitrogens with one attached hydrogen (secondary N) is 1. The van der Waals surface area contributed by atoms with Crippen molar-refractivity contribution in [3.05, 3.63) is 65.9 Å². The molecule has 0 aliphatic carbocycles.